The van der Waals surface area contributed by atoms with Crippen molar-refractivity contribution in [2.75, 3.05) is 31.1 Å². The van der Waals surface area contributed by atoms with Gasteiger partial charge in [0.1, 0.15) is 0 Å². The van der Waals surface area contributed by atoms with E-state index >= 15 is 0 Å². The molecule has 7 nitrogen and oxygen atoms in total. The van der Waals surface area contributed by atoms with Gasteiger partial charge in [-0.2, -0.15) is 0 Å². The zero-order valence-electron chi connectivity index (χ0n) is 13.8. The molecule has 0 spiro atoms. The lowest BCUT2D eigenvalue weighted by atomic mass is 9.79. The standard InChI is InChI=1S/C17H24N4O3/c22-14(12-17(13-15(23)24)4-1-2-5-17)20-8-10-21(11-9-20)16-18-6-3-7-19-16/h3,6-7H,1-2,4-5,8-13H2,(H,23,24)/p-1. The van der Waals surface area contributed by atoms with Crippen molar-refractivity contribution in [3.8, 4) is 0 Å². The maximum atomic E-state index is 12.6. The van der Waals surface area contributed by atoms with Crippen LogP contribution in [0.1, 0.15) is 38.5 Å². The zero-order chi connectivity index (χ0) is 17.0. The molecule has 1 aliphatic carbocycles. The molecule has 3 rings (SSSR count). The van der Waals surface area contributed by atoms with Gasteiger partial charge in [-0.05, 0) is 30.7 Å². The predicted molar refractivity (Wildman–Crippen MR) is 86.0 cm³/mol. The molecule has 0 N–H and O–H groups in total. The lowest BCUT2D eigenvalue weighted by molar-refractivity contribution is -0.308. The summed E-state index contributed by atoms with van der Waals surface area (Å²) in [6, 6.07) is 1.78. The number of aromatic nitrogens is 2. The number of carboxylic acid groups (broad SMARTS) is 1. The lowest BCUT2D eigenvalue weighted by Gasteiger charge is -2.37. The van der Waals surface area contributed by atoms with E-state index in [1.54, 1.807) is 18.5 Å². The molecule has 1 saturated heterocycles. The highest BCUT2D eigenvalue weighted by Crippen LogP contribution is 2.44. The van der Waals surface area contributed by atoms with Gasteiger partial charge in [0.2, 0.25) is 11.9 Å². The molecule has 1 aliphatic heterocycles. The van der Waals surface area contributed by atoms with Crippen LogP contribution in [0.3, 0.4) is 0 Å². The number of amides is 1. The van der Waals surface area contributed by atoms with E-state index in [4.69, 9.17) is 0 Å². The molecule has 7 heteroatoms. The SMILES string of the molecule is O=C([O-])CC1(CC(=O)N2CCN(c3ncccn3)CC2)CCCC1. The Kier molecular flexibility index (Phi) is 4.97. The number of carboxylic acids is 1. The fraction of sp³-hybridized carbons (Fsp3) is 0.647. The van der Waals surface area contributed by atoms with Crippen molar-refractivity contribution in [3.63, 3.8) is 0 Å². The second-order valence-corrected chi connectivity index (χ2v) is 6.85. The second-order valence-electron chi connectivity index (χ2n) is 6.85. The van der Waals surface area contributed by atoms with Gasteiger partial charge < -0.3 is 19.7 Å². The third-order valence-electron chi connectivity index (χ3n) is 5.18. The molecule has 0 bridgehead atoms. The number of nitrogens with zero attached hydrogens (tertiary/aromatic N) is 4. The van der Waals surface area contributed by atoms with E-state index in [2.05, 4.69) is 14.9 Å². The van der Waals surface area contributed by atoms with Crippen LogP contribution in [0.5, 0.6) is 0 Å². The van der Waals surface area contributed by atoms with E-state index < -0.39 is 11.4 Å². The number of aliphatic carboxylic acids is 1. The van der Waals surface area contributed by atoms with Crippen LogP contribution in [0.15, 0.2) is 18.5 Å². The molecule has 0 unspecified atom stereocenters. The van der Waals surface area contributed by atoms with Crippen molar-refractivity contribution in [1.82, 2.24) is 14.9 Å². The number of carbonyl (C=O) groups is 2. The first-order valence-corrected chi connectivity index (χ1v) is 8.58. The summed E-state index contributed by atoms with van der Waals surface area (Å²) in [5.41, 5.74) is -0.393. The highest BCUT2D eigenvalue weighted by molar-refractivity contribution is 5.78. The number of carbonyl (C=O) groups excluding carboxylic acids is 2. The van der Waals surface area contributed by atoms with Gasteiger partial charge in [-0.15, -0.1) is 0 Å². The van der Waals surface area contributed by atoms with Crippen molar-refractivity contribution in [2.24, 2.45) is 5.41 Å². The van der Waals surface area contributed by atoms with Crippen molar-refractivity contribution >= 4 is 17.8 Å². The molecule has 2 fully saturated rings. The third kappa shape index (κ3) is 3.83. The summed E-state index contributed by atoms with van der Waals surface area (Å²) in [7, 11) is 0. The Hall–Kier alpha value is -2.18. The fourth-order valence-corrected chi connectivity index (χ4v) is 3.89. The van der Waals surface area contributed by atoms with Crippen LogP contribution in [-0.4, -0.2) is 52.9 Å². The number of hydrogen-bond acceptors (Lipinski definition) is 6. The van der Waals surface area contributed by atoms with Gasteiger partial charge in [-0.1, -0.05) is 12.8 Å². The Balaban J connectivity index is 1.56. The fourth-order valence-electron chi connectivity index (χ4n) is 3.89. The van der Waals surface area contributed by atoms with E-state index in [1.807, 2.05) is 4.90 Å². The van der Waals surface area contributed by atoms with Crippen LogP contribution in [0.4, 0.5) is 5.95 Å². The van der Waals surface area contributed by atoms with E-state index in [1.165, 1.54) is 0 Å². The summed E-state index contributed by atoms with van der Waals surface area (Å²) < 4.78 is 0. The highest BCUT2D eigenvalue weighted by atomic mass is 16.4. The first-order valence-electron chi connectivity index (χ1n) is 8.58. The Morgan fingerprint density at radius 2 is 1.67 bits per heavy atom. The quantitative estimate of drug-likeness (QED) is 0.766. The second kappa shape index (κ2) is 7.15. The van der Waals surface area contributed by atoms with Gasteiger partial charge in [0, 0.05) is 51.0 Å². The minimum Gasteiger partial charge on any atom is -0.550 e. The van der Waals surface area contributed by atoms with E-state index in [9.17, 15) is 14.7 Å². The number of anilines is 1. The number of rotatable bonds is 5. The van der Waals surface area contributed by atoms with Gasteiger partial charge in [0.15, 0.2) is 0 Å². The van der Waals surface area contributed by atoms with Gasteiger partial charge >= 0.3 is 0 Å². The summed E-state index contributed by atoms with van der Waals surface area (Å²) in [6.45, 7) is 2.64. The topological polar surface area (TPSA) is 89.5 Å². The molecule has 0 aromatic carbocycles. The Labute approximate surface area is 141 Å². The van der Waals surface area contributed by atoms with Crippen molar-refractivity contribution in [1.29, 1.82) is 0 Å². The van der Waals surface area contributed by atoms with Crippen LogP contribution in [0, 0.1) is 5.41 Å². The van der Waals surface area contributed by atoms with E-state index in [0.29, 0.717) is 38.5 Å². The van der Waals surface area contributed by atoms with Crippen LogP contribution in [0.25, 0.3) is 0 Å². The first kappa shape index (κ1) is 16.7. The molecule has 24 heavy (non-hydrogen) atoms. The molecule has 1 aromatic heterocycles. The zero-order valence-corrected chi connectivity index (χ0v) is 13.8. The molecule has 1 saturated carbocycles. The van der Waals surface area contributed by atoms with Crippen molar-refractivity contribution in [3.05, 3.63) is 18.5 Å². The minimum atomic E-state index is -1.05. The molecular formula is C17H23N4O3-. The lowest BCUT2D eigenvalue weighted by Crippen LogP contribution is -2.50. The van der Waals surface area contributed by atoms with E-state index in [0.717, 1.165) is 25.7 Å². The highest BCUT2D eigenvalue weighted by Gasteiger charge is 2.37. The molecule has 2 heterocycles. The van der Waals surface area contributed by atoms with Crippen LogP contribution in [0.2, 0.25) is 0 Å². The van der Waals surface area contributed by atoms with Crippen LogP contribution in [-0.2, 0) is 9.59 Å². The molecule has 130 valence electrons. The van der Waals surface area contributed by atoms with Gasteiger partial charge in [0.05, 0.1) is 0 Å². The minimum absolute atomic E-state index is 0.00341. The van der Waals surface area contributed by atoms with Crippen LogP contribution >= 0.6 is 0 Å². The molecule has 0 radical (unpaired) electrons. The average Bonchev–Trinajstić information content (AvgIpc) is 3.03. The van der Waals surface area contributed by atoms with E-state index in [-0.39, 0.29) is 12.3 Å². The Bertz CT molecular complexity index is 579. The number of hydrogen-bond donors (Lipinski definition) is 0. The Morgan fingerprint density at radius 3 is 2.25 bits per heavy atom. The largest absolute Gasteiger partial charge is 0.550 e. The summed E-state index contributed by atoms with van der Waals surface area (Å²) >= 11 is 0. The Morgan fingerprint density at radius 1 is 1.04 bits per heavy atom. The number of piperazine rings is 1. The predicted octanol–water partition coefficient (Wildman–Crippen LogP) is 0.216. The van der Waals surface area contributed by atoms with Gasteiger partial charge in [0.25, 0.3) is 0 Å². The normalized spacial score (nSPS) is 20.2. The molecule has 1 aromatic rings. The van der Waals surface area contributed by atoms with Crippen LogP contribution < -0.4 is 10.0 Å². The third-order valence-corrected chi connectivity index (χ3v) is 5.18. The van der Waals surface area contributed by atoms with Crippen molar-refractivity contribution in [2.45, 2.75) is 38.5 Å². The molecule has 1 amide bonds. The average molecular weight is 331 g/mol. The maximum Gasteiger partial charge on any atom is 0.225 e. The summed E-state index contributed by atoms with van der Waals surface area (Å²) in [5.74, 6) is -0.295. The smallest absolute Gasteiger partial charge is 0.225 e. The maximum absolute atomic E-state index is 12.6. The summed E-state index contributed by atoms with van der Waals surface area (Å²) in [5, 5.41) is 11.1. The first-order chi connectivity index (χ1) is 11.6. The molecular weight excluding hydrogens is 308 g/mol. The molecule has 0 atom stereocenters. The molecule has 2 aliphatic rings. The van der Waals surface area contributed by atoms with Gasteiger partial charge in [-0.25, -0.2) is 9.97 Å². The summed E-state index contributed by atoms with van der Waals surface area (Å²) in [6.07, 6.45) is 7.36. The monoisotopic (exact) mass is 331 g/mol. The summed E-state index contributed by atoms with van der Waals surface area (Å²) in [4.78, 5) is 36.1. The van der Waals surface area contributed by atoms with Crippen molar-refractivity contribution < 1.29 is 14.7 Å². The van der Waals surface area contributed by atoms with Gasteiger partial charge in [-0.3, -0.25) is 4.79 Å².